The highest BCUT2D eigenvalue weighted by Crippen LogP contribution is 2.09. The molecule has 1 fully saturated rings. The van der Waals surface area contributed by atoms with Crippen LogP contribution in [-0.2, 0) is 4.79 Å². The Hall–Kier alpha value is -0.610. The van der Waals surface area contributed by atoms with Gasteiger partial charge in [0.05, 0.1) is 6.54 Å². The highest BCUT2D eigenvalue weighted by Gasteiger charge is 2.24. The molecule has 0 aromatic carbocycles. The van der Waals surface area contributed by atoms with Gasteiger partial charge in [0.1, 0.15) is 0 Å². The summed E-state index contributed by atoms with van der Waals surface area (Å²) in [5, 5.41) is 3.41. The standard InChI is InChI=1S/C13H27N3O/c1-4-7-12-10-14-8-9-16(12)11-13(17)15(5-2)6-3/h12,14H,4-11H2,1-3H3. The molecule has 1 aliphatic heterocycles. The van der Waals surface area contributed by atoms with Crippen LogP contribution >= 0.6 is 0 Å². The molecule has 1 saturated heterocycles. The second-order valence-corrected chi connectivity index (χ2v) is 4.68. The first-order valence-corrected chi connectivity index (χ1v) is 6.95. The SMILES string of the molecule is CCCC1CNCCN1CC(=O)N(CC)CC. The van der Waals surface area contributed by atoms with Gasteiger partial charge in [-0.1, -0.05) is 13.3 Å². The van der Waals surface area contributed by atoms with E-state index < -0.39 is 0 Å². The van der Waals surface area contributed by atoms with E-state index in [1.807, 2.05) is 18.7 Å². The smallest absolute Gasteiger partial charge is 0.236 e. The summed E-state index contributed by atoms with van der Waals surface area (Å²) in [6, 6.07) is 0.535. The Labute approximate surface area is 105 Å². The summed E-state index contributed by atoms with van der Waals surface area (Å²) < 4.78 is 0. The van der Waals surface area contributed by atoms with E-state index in [-0.39, 0.29) is 5.91 Å². The summed E-state index contributed by atoms with van der Waals surface area (Å²) in [6.07, 6.45) is 2.36. The maximum Gasteiger partial charge on any atom is 0.236 e. The van der Waals surface area contributed by atoms with Gasteiger partial charge in [-0.2, -0.15) is 0 Å². The summed E-state index contributed by atoms with van der Waals surface area (Å²) in [7, 11) is 0. The van der Waals surface area contributed by atoms with Crippen LogP contribution in [0, 0.1) is 0 Å². The minimum absolute atomic E-state index is 0.276. The minimum atomic E-state index is 0.276. The molecule has 0 aromatic rings. The zero-order chi connectivity index (χ0) is 12.7. The van der Waals surface area contributed by atoms with Crippen LogP contribution in [0.4, 0.5) is 0 Å². The molecule has 0 bridgehead atoms. The van der Waals surface area contributed by atoms with Crippen LogP contribution in [0.2, 0.25) is 0 Å². The van der Waals surface area contributed by atoms with Crippen molar-refractivity contribution in [1.82, 2.24) is 15.1 Å². The van der Waals surface area contributed by atoms with Crippen LogP contribution in [-0.4, -0.2) is 61.0 Å². The zero-order valence-electron chi connectivity index (χ0n) is 11.5. The van der Waals surface area contributed by atoms with Gasteiger partial charge in [-0.3, -0.25) is 9.69 Å². The number of rotatable bonds is 6. The van der Waals surface area contributed by atoms with Crippen molar-refractivity contribution in [3.05, 3.63) is 0 Å². The molecule has 0 aliphatic carbocycles. The van der Waals surface area contributed by atoms with Gasteiger partial charge >= 0.3 is 0 Å². The summed E-state index contributed by atoms with van der Waals surface area (Å²) in [4.78, 5) is 16.4. The molecule has 1 atom stereocenters. The number of nitrogens with one attached hydrogen (secondary N) is 1. The lowest BCUT2D eigenvalue weighted by Crippen LogP contribution is -2.54. The summed E-state index contributed by atoms with van der Waals surface area (Å²) in [5.41, 5.74) is 0. The molecule has 100 valence electrons. The summed E-state index contributed by atoms with van der Waals surface area (Å²) >= 11 is 0. The molecule has 0 aromatic heterocycles. The number of piperazine rings is 1. The fraction of sp³-hybridized carbons (Fsp3) is 0.923. The Morgan fingerprint density at radius 1 is 1.35 bits per heavy atom. The predicted octanol–water partition coefficient (Wildman–Crippen LogP) is 0.929. The summed E-state index contributed by atoms with van der Waals surface area (Å²) in [6.45, 7) is 11.6. The fourth-order valence-electron chi connectivity index (χ4n) is 2.48. The maximum atomic E-state index is 12.1. The molecule has 4 nitrogen and oxygen atoms in total. The van der Waals surface area contributed by atoms with Gasteiger partial charge in [0.25, 0.3) is 0 Å². The van der Waals surface area contributed by atoms with E-state index in [1.165, 1.54) is 12.8 Å². The third-order valence-corrected chi connectivity index (χ3v) is 3.55. The molecule has 4 heteroatoms. The lowest BCUT2D eigenvalue weighted by Gasteiger charge is -2.36. The number of carbonyl (C=O) groups is 1. The van der Waals surface area contributed by atoms with Crippen LogP contribution in [0.1, 0.15) is 33.6 Å². The van der Waals surface area contributed by atoms with Crippen molar-refractivity contribution >= 4 is 5.91 Å². The summed E-state index contributed by atoms with van der Waals surface area (Å²) in [5.74, 6) is 0.276. The molecule has 0 spiro atoms. The second kappa shape index (κ2) is 7.67. The Morgan fingerprint density at radius 3 is 2.65 bits per heavy atom. The van der Waals surface area contributed by atoms with Crippen LogP contribution in [0.25, 0.3) is 0 Å². The molecule has 1 N–H and O–H groups in total. The number of nitrogens with zero attached hydrogens (tertiary/aromatic N) is 2. The minimum Gasteiger partial charge on any atom is -0.342 e. The van der Waals surface area contributed by atoms with Crippen molar-refractivity contribution in [3.63, 3.8) is 0 Å². The number of carbonyl (C=O) groups excluding carboxylic acids is 1. The Bertz CT molecular complexity index is 227. The lowest BCUT2D eigenvalue weighted by molar-refractivity contribution is -0.132. The number of hydrogen-bond donors (Lipinski definition) is 1. The predicted molar refractivity (Wildman–Crippen MR) is 71.1 cm³/mol. The molecule has 0 radical (unpaired) electrons. The van der Waals surface area contributed by atoms with Gasteiger partial charge in [0.2, 0.25) is 5.91 Å². The first-order valence-electron chi connectivity index (χ1n) is 6.95. The lowest BCUT2D eigenvalue weighted by atomic mass is 10.1. The van der Waals surface area contributed by atoms with Gasteiger partial charge in [-0.25, -0.2) is 0 Å². The van der Waals surface area contributed by atoms with E-state index in [0.29, 0.717) is 12.6 Å². The largest absolute Gasteiger partial charge is 0.342 e. The highest BCUT2D eigenvalue weighted by molar-refractivity contribution is 5.78. The van der Waals surface area contributed by atoms with E-state index in [0.717, 1.165) is 32.7 Å². The topological polar surface area (TPSA) is 35.6 Å². The van der Waals surface area contributed by atoms with Crippen molar-refractivity contribution in [1.29, 1.82) is 0 Å². The Morgan fingerprint density at radius 2 is 2.06 bits per heavy atom. The normalized spacial score (nSPS) is 21.5. The van der Waals surface area contributed by atoms with E-state index in [1.54, 1.807) is 0 Å². The van der Waals surface area contributed by atoms with Crippen molar-refractivity contribution in [2.45, 2.75) is 39.7 Å². The monoisotopic (exact) mass is 241 g/mol. The van der Waals surface area contributed by atoms with Crippen LogP contribution in [0.5, 0.6) is 0 Å². The fourth-order valence-corrected chi connectivity index (χ4v) is 2.48. The van der Waals surface area contributed by atoms with E-state index in [4.69, 9.17) is 0 Å². The number of hydrogen-bond acceptors (Lipinski definition) is 3. The van der Waals surface area contributed by atoms with E-state index in [9.17, 15) is 4.79 Å². The van der Waals surface area contributed by atoms with Gasteiger partial charge in [0.15, 0.2) is 0 Å². The van der Waals surface area contributed by atoms with Crippen molar-refractivity contribution in [2.75, 3.05) is 39.3 Å². The van der Waals surface area contributed by atoms with Crippen LogP contribution in [0.15, 0.2) is 0 Å². The van der Waals surface area contributed by atoms with Gasteiger partial charge in [-0.15, -0.1) is 0 Å². The second-order valence-electron chi connectivity index (χ2n) is 4.68. The Kier molecular flexibility index (Phi) is 6.52. The first-order chi connectivity index (χ1) is 8.22. The van der Waals surface area contributed by atoms with Crippen molar-refractivity contribution in [3.8, 4) is 0 Å². The molecular weight excluding hydrogens is 214 g/mol. The van der Waals surface area contributed by atoms with E-state index in [2.05, 4.69) is 17.1 Å². The number of amides is 1. The average molecular weight is 241 g/mol. The number of likely N-dealkylation sites (N-methyl/N-ethyl adjacent to an activating group) is 1. The van der Waals surface area contributed by atoms with Crippen molar-refractivity contribution < 1.29 is 4.79 Å². The van der Waals surface area contributed by atoms with Crippen LogP contribution < -0.4 is 5.32 Å². The third-order valence-electron chi connectivity index (χ3n) is 3.55. The van der Waals surface area contributed by atoms with Crippen LogP contribution in [0.3, 0.4) is 0 Å². The molecule has 1 rings (SSSR count). The molecule has 0 saturated carbocycles. The highest BCUT2D eigenvalue weighted by atomic mass is 16.2. The molecule has 17 heavy (non-hydrogen) atoms. The van der Waals surface area contributed by atoms with Crippen molar-refractivity contribution in [2.24, 2.45) is 0 Å². The third kappa shape index (κ3) is 4.28. The quantitative estimate of drug-likeness (QED) is 0.751. The molecule has 1 heterocycles. The van der Waals surface area contributed by atoms with Gasteiger partial charge in [-0.05, 0) is 20.3 Å². The Balaban J connectivity index is 2.49. The zero-order valence-corrected chi connectivity index (χ0v) is 11.5. The van der Waals surface area contributed by atoms with Gasteiger partial charge in [0, 0.05) is 38.8 Å². The maximum absolute atomic E-state index is 12.1. The van der Waals surface area contributed by atoms with E-state index >= 15 is 0 Å². The van der Waals surface area contributed by atoms with Gasteiger partial charge < -0.3 is 10.2 Å². The first kappa shape index (κ1) is 14.5. The molecular formula is C13H27N3O. The average Bonchev–Trinajstić information content (AvgIpc) is 2.33. The molecule has 1 amide bonds. The molecule has 1 unspecified atom stereocenters. The molecule has 1 aliphatic rings.